The van der Waals surface area contributed by atoms with Gasteiger partial charge in [-0.15, -0.1) is 0 Å². The van der Waals surface area contributed by atoms with Crippen molar-refractivity contribution in [2.45, 2.75) is 51.5 Å². The Bertz CT molecular complexity index is 497. The van der Waals surface area contributed by atoms with E-state index in [0.29, 0.717) is 37.9 Å². The average Bonchev–Trinajstić information content (AvgIpc) is 2.88. The van der Waals surface area contributed by atoms with Gasteiger partial charge in [0.25, 0.3) is 5.91 Å². The Morgan fingerprint density at radius 3 is 2.70 bits per heavy atom. The van der Waals surface area contributed by atoms with E-state index < -0.39 is 0 Å². The molecule has 2 heterocycles. The molecule has 0 aromatic carbocycles. The highest BCUT2D eigenvalue weighted by molar-refractivity contribution is 5.93. The van der Waals surface area contributed by atoms with Gasteiger partial charge in [-0.2, -0.15) is 0 Å². The number of allylic oxidation sites excluding steroid dienone is 1. The summed E-state index contributed by atoms with van der Waals surface area (Å²) in [5.41, 5.74) is 0. The minimum absolute atomic E-state index is 0.135. The van der Waals surface area contributed by atoms with Crippen LogP contribution in [-0.2, 0) is 19.1 Å². The smallest absolute Gasteiger partial charge is 0.290 e. The number of rotatable bonds is 4. The molecule has 0 bridgehead atoms. The van der Waals surface area contributed by atoms with E-state index in [4.69, 9.17) is 9.47 Å². The van der Waals surface area contributed by atoms with E-state index >= 15 is 0 Å². The van der Waals surface area contributed by atoms with E-state index in [1.54, 1.807) is 6.92 Å². The predicted molar refractivity (Wildman–Crippen MR) is 84.3 cm³/mol. The Kier molecular flexibility index (Phi) is 5.08. The molecule has 0 radical (unpaired) electrons. The van der Waals surface area contributed by atoms with Crippen LogP contribution in [0.25, 0.3) is 0 Å². The Morgan fingerprint density at radius 2 is 1.96 bits per heavy atom. The van der Waals surface area contributed by atoms with Crippen LogP contribution in [0.15, 0.2) is 11.5 Å². The maximum atomic E-state index is 12.3. The number of likely N-dealkylation sites (tertiary alicyclic amines) is 1. The molecule has 3 rings (SSSR count). The number of nitrogens with zero attached hydrogens (tertiary/aromatic N) is 1. The van der Waals surface area contributed by atoms with Crippen LogP contribution < -0.4 is 5.32 Å². The van der Waals surface area contributed by atoms with Crippen LogP contribution in [0.1, 0.15) is 45.4 Å². The van der Waals surface area contributed by atoms with Gasteiger partial charge in [0.1, 0.15) is 19.0 Å². The third-order valence-corrected chi connectivity index (χ3v) is 4.93. The highest BCUT2D eigenvalue weighted by atomic mass is 16.6. The molecule has 1 atom stereocenters. The summed E-state index contributed by atoms with van der Waals surface area (Å²) in [5.74, 6) is 1.25. The van der Waals surface area contributed by atoms with Gasteiger partial charge in [0.2, 0.25) is 11.7 Å². The predicted octanol–water partition coefficient (Wildman–Crippen LogP) is 1.56. The first-order valence-electron chi connectivity index (χ1n) is 8.68. The van der Waals surface area contributed by atoms with E-state index in [1.807, 2.05) is 4.90 Å². The molecular weight excluding hydrogens is 296 g/mol. The lowest BCUT2D eigenvalue weighted by molar-refractivity contribution is -0.128. The van der Waals surface area contributed by atoms with E-state index in [0.717, 1.165) is 6.54 Å². The molecule has 128 valence electrons. The molecule has 6 nitrogen and oxygen atoms in total. The summed E-state index contributed by atoms with van der Waals surface area (Å²) in [4.78, 5) is 26.4. The van der Waals surface area contributed by atoms with Gasteiger partial charge in [-0.25, -0.2) is 0 Å². The molecule has 0 aromatic heterocycles. The van der Waals surface area contributed by atoms with Crippen LogP contribution in [0.2, 0.25) is 0 Å². The van der Waals surface area contributed by atoms with Crippen molar-refractivity contribution in [3.05, 3.63) is 11.5 Å². The maximum Gasteiger partial charge on any atom is 0.290 e. The first-order chi connectivity index (χ1) is 11.1. The zero-order chi connectivity index (χ0) is 16.2. The molecule has 23 heavy (non-hydrogen) atoms. The molecule has 1 saturated carbocycles. The highest BCUT2D eigenvalue weighted by Crippen LogP contribution is 2.26. The first-order valence-corrected chi connectivity index (χ1v) is 8.68. The second kappa shape index (κ2) is 7.23. The Hall–Kier alpha value is -1.72. The Morgan fingerprint density at radius 1 is 1.22 bits per heavy atom. The van der Waals surface area contributed by atoms with Crippen LogP contribution in [0, 0.1) is 5.92 Å². The molecule has 0 spiro atoms. The van der Waals surface area contributed by atoms with E-state index in [2.05, 4.69) is 5.32 Å². The molecule has 2 amide bonds. The number of amides is 2. The Labute approximate surface area is 137 Å². The normalized spacial score (nSPS) is 26.0. The molecule has 3 aliphatic rings. The number of hydrogen-bond donors (Lipinski definition) is 1. The monoisotopic (exact) mass is 322 g/mol. The molecule has 1 aliphatic carbocycles. The summed E-state index contributed by atoms with van der Waals surface area (Å²) < 4.78 is 10.7. The fourth-order valence-corrected chi connectivity index (χ4v) is 3.71. The van der Waals surface area contributed by atoms with Gasteiger partial charge >= 0.3 is 0 Å². The number of ether oxygens (including phenoxy) is 2. The average molecular weight is 322 g/mol. The topological polar surface area (TPSA) is 67.9 Å². The van der Waals surface area contributed by atoms with Crippen LogP contribution in [0.5, 0.6) is 0 Å². The quantitative estimate of drug-likeness (QED) is 0.853. The van der Waals surface area contributed by atoms with Crippen molar-refractivity contribution >= 4 is 11.8 Å². The first kappa shape index (κ1) is 16.1. The zero-order valence-electron chi connectivity index (χ0n) is 13.8. The summed E-state index contributed by atoms with van der Waals surface area (Å²) in [7, 11) is 0. The Balaban J connectivity index is 1.52. The number of carbonyl (C=O) groups excluding carboxylic acids is 2. The van der Waals surface area contributed by atoms with Gasteiger partial charge in [-0.05, 0) is 25.7 Å². The molecular formula is C17H26N2O4. The number of carbonyl (C=O) groups is 2. The fraction of sp³-hybridized carbons (Fsp3) is 0.765. The van der Waals surface area contributed by atoms with Crippen LogP contribution in [0.4, 0.5) is 0 Å². The van der Waals surface area contributed by atoms with Crippen molar-refractivity contribution in [2.24, 2.45) is 5.92 Å². The minimum atomic E-state index is -0.278. The summed E-state index contributed by atoms with van der Waals surface area (Å²) in [5, 5.41) is 2.91. The van der Waals surface area contributed by atoms with Crippen LogP contribution in [-0.4, -0.2) is 49.1 Å². The summed E-state index contributed by atoms with van der Waals surface area (Å²) >= 11 is 0. The second-order valence-electron chi connectivity index (χ2n) is 6.76. The van der Waals surface area contributed by atoms with E-state index in [-0.39, 0.29) is 23.6 Å². The van der Waals surface area contributed by atoms with Gasteiger partial charge < -0.3 is 19.7 Å². The summed E-state index contributed by atoms with van der Waals surface area (Å²) in [6.07, 6.45) is 6.69. The standard InChI is InChI=1S/C17H26N2O4/c1-12-16(23-8-7-22-12)17(21)18-14-9-15(20)19(11-14)10-13-5-3-2-4-6-13/h13-14H,2-11H2,1H3,(H,18,21)/t14-/m0/s1. The van der Waals surface area contributed by atoms with Crippen molar-refractivity contribution in [3.63, 3.8) is 0 Å². The van der Waals surface area contributed by atoms with E-state index in [9.17, 15) is 9.59 Å². The largest absolute Gasteiger partial charge is 0.491 e. The van der Waals surface area contributed by atoms with Crippen LogP contribution >= 0.6 is 0 Å². The van der Waals surface area contributed by atoms with Crippen molar-refractivity contribution in [2.75, 3.05) is 26.3 Å². The fourth-order valence-electron chi connectivity index (χ4n) is 3.71. The molecule has 0 unspecified atom stereocenters. The molecule has 1 N–H and O–H groups in total. The third-order valence-electron chi connectivity index (χ3n) is 4.93. The highest BCUT2D eigenvalue weighted by Gasteiger charge is 2.33. The minimum Gasteiger partial charge on any atom is -0.491 e. The van der Waals surface area contributed by atoms with Gasteiger partial charge in [0, 0.05) is 19.5 Å². The third kappa shape index (κ3) is 3.98. The van der Waals surface area contributed by atoms with E-state index in [1.165, 1.54) is 32.1 Å². The summed E-state index contributed by atoms with van der Waals surface area (Å²) in [6, 6.07) is -0.135. The number of hydrogen-bond acceptors (Lipinski definition) is 4. The lowest BCUT2D eigenvalue weighted by atomic mass is 9.89. The molecule has 1 saturated heterocycles. The molecule has 2 fully saturated rings. The van der Waals surface area contributed by atoms with Gasteiger partial charge in [0.05, 0.1) is 6.04 Å². The maximum absolute atomic E-state index is 12.3. The zero-order valence-corrected chi connectivity index (χ0v) is 13.8. The molecule has 2 aliphatic heterocycles. The SMILES string of the molecule is CC1=C(C(=O)N[C@H]2CC(=O)N(CC3CCCCC3)C2)OCCO1. The van der Waals surface area contributed by atoms with Gasteiger partial charge in [-0.1, -0.05) is 19.3 Å². The lowest BCUT2D eigenvalue weighted by Gasteiger charge is -2.27. The van der Waals surface area contributed by atoms with Crippen molar-refractivity contribution < 1.29 is 19.1 Å². The van der Waals surface area contributed by atoms with Gasteiger partial charge in [-0.3, -0.25) is 9.59 Å². The second-order valence-corrected chi connectivity index (χ2v) is 6.76. The van der Waals surface area contributed by atoms with Crippen molar-refractivity contribution in [1.29, 1.82) is 0 Å². The van der Waals surface area contributed by atoms with Crippen molar-refractivity contribution in [3.8, 4) is 0 Å². The number of nitrogens with one attached hydrogen (secondary N) is 1. The van der Waals surface area contributed by atoms with Crippen molar-refractivity contribution in [1.82, 2.24) is 10.2 Å². The molecule has 0 aromatic rings. The van der Waals surface area contributed by atoms with Gasteiger partial charge in [0.15, 0.2) is 0 Å². The lowest BCUT2D eigenvalue weighted by Crippen LogP contribution is -2.40. The molecule has 6 heteroatoms. The van der Waals surface area contributed by atoms with Crippen LogP contribution in [0.3, 0.4) is 0 Å². The summed E-state index contributed by atoms with van der Waals surface area (Å²) in [6.45, 7) is 4.03.